The zero-order valence-electron chi connectivity index (χ0n) is 16.9. The first kappa shape index (κ1) is 20.1. The van der Waals surface area contributed by atoms with Gasteiger partial charge in [-0.25, -0.2) is 4.98 Å². The molecule has 0 saturated carbocycles. The number of hydrogen-bond acceptors (Lipinski definition) is 6. The number of likely N-dealkylation sites (tertiary alicyclic amines) is 1. The second-order valence-corrected chi connectivity index (χ2v) is 7.00. The van der Waals surface area contributed by atoms with Crippen LogP contribution in [-0.2, 0) is 11.3 Å². The lowest BCUT2D eigenvalue weighted by Gasteiger charge is -2.23. The molecular weight excluding hydrogens is 360 g/mol. The molecule has 0 spiro atoms. The fraction of sp³-hybridized carbons (Fsp3) is 0.550. The van der Waals surface area contributed by atoms with E-state index in [0.29, 0.717) is 40.8 Å². The van der Waals surface area contributed by atoms with Gasteiger partial charge in [-0.3, -0.25) is 19.1 Å². The van der Waals surface area contributed by atoms with E-state index in [9.17, 15) is 9.59 Å². The molecule has 1 aliphatic rings. The lowest BCUT2D eigenvalue weighted by molar-refractivity contribution is -0.122. The fourth-order valence-electron chi connectivity index (χ4n) is 3.82. The summed E-state index contributed by atoms with van der Waals surface area (Å²) in [4.78, 5) is 32.3. The van der Waals surface area contributed by atoms with Gasteiger partial charge in [0.15, 0.2) is 11.5 Å². The summed E-state index contributed by atoms with van der Waals surface area (Å²) >= 11 is 0. The van der Waals surface area contributed by atoms with Gasteiger partial charge < -0.3 is 14.8 Å². The van der Waals surface area contributed by atoms with E-state index in [-0.39, 0.29) is 18.0 Å². The lowest BCUT2D eigenvalue weighted by atomic mass is 10.2. The Balaban J connectivity index is 1.80. The van der Waals surface area contributed by atoms with Crippen LogP contribution in [0.25, 0.3) is 10.9 Å². The summed E-state index contributed by atoms with van der Waals surface area (Å²) in [6.07, 6.45) is 2.25. The monoisotopic (exact) mass is 388 g/mol. The van der Waals surface area contributed by atoms with Crippen LogP contribution in [-0.4, -0.2) is 60.3 Å². The molecule has 1 aromatic carbocycles. The third-order valence-electron chi connectivity index (χ3n) is 5.39. The number of benzene rings is 1. The molecule has 1 N–H and O–H groups in total. The van der Waals surface area contributed by atoms with E-state index in [2.05, 4.69) is 22.1 Å². The SMILES string of the molecule is CCN1CCC[C@H]1CNC(=O)Cn1c(C)nc2cc(OC)c(OC)cc2c1=O. The molecule has 1 fully saturated rings. The summed E-state index contributed by atoms with van der Waals surface area (Å²) in [5, 5.41) is 3.36. The number of amides is 1. The van der Waals surface area contributed by atoms with Crippen LogP contribution in [0, 0.1) is 6.92 Å². The molecule has 1 amide bonds. The third kappa shape index (κ3) is 3.96. The topological polar surface area (TPSA) is 85.7 Å². The number of aryl methyl sites for hydroxylation is 1. The fourth-order valence-corrected chi connectivity index (χ4v) is 3.82. The van der Waals surface area contributed by atoms with Crippen molar-refractivity contribution in [1.29, 1.82) is 0 Å². The molecule has 0 bridgehead atoms. The van der Waals surface area contributed by atoms with Gasteiger partial charge in [-0.15, -0.1) is 0 Å². The Morgan fingerprint density at radius 3 is 2.68 bits per heavy atom. The van der Waals surface area contributed by atoms with Crippen molar-refractivity contribution < 1.29 is 14.3 Å². The summed E-state index contributed by atoms with van der Waals surface area (Å²) in [5.74, 6) is 1.26. The number of rotatable bonds is 7. The van der Waals surface area contributed by atoms with Gasteiger partial charge in [-0.2, -0.15) is 0 Å². The van der Waals surface area contributed by atoms with Crippen LogP contribution in [0.2, 0.25) is 0 Å². The average Bonchev–Trinajstić information content (AvgIpc) is 3.16. The molecule has 8 heteroatoms. The smallest absolute Gasteiger partial charge is 0.262 e. The average molecular weight is 388 g/mol. The first-order valence-corrected chi connectivity index (χ1v) is 9.62. The molecule has 0 aliphatic carbocycles. The first-order valence-electron chi connectivity index (χ1n) is 9.62. The van der Waals surface area contributed by atoms with Gasteiger partial charge in [0.05, 0.1) is 25.1 Å². The molecule has 1 aliphatic heterocycles. The minimum absolute atomic E-state index is 0.0548. The molecule has 152 valence electrons. The van der Waals surface area contributed by atoms with Gasteiger partial charge in [0.25, 0.3) is 5.56 Å². The minimum atomic E-state index is -0.269. The van der Waals surface area contributed by atoms with E-state index in [1.807, 2.05) is 0 Å². The Morgan fingerprint density at radius 2 is 2.00 bits per heavy atom. The summed E-state index contributed by atoms with van der Waals surface area (Å²) in [7, 11) is 3.05. The van der Waals surface area contributed by atoms with E-state index < -0.39 is 0 Å². The predicted molar refractivity (Wildman–Crippen MR) is 107 cm³/mol. The highest BCUT2D eigenvalue weighted by molar-refractivity contribution is 5.82. The van der Waals surface area contributed by atoms with Crippen LogP contribution >= 0.6 is 0 Å². The number of hydrogen-bond donors (Lipinski definition) is 1. The zero-order valence-corrected chi connectivity index (χ0v) is 16.9. The van der Waals surface area contributed by atoms with Crippen LogP contribution < -0.4 is 20.3 Å². The Labute approximate surface area is 164 Å². The van der Waals surface area contributed by atoms with Crippen molar-refractivity contribution in [3.63, 3.8) is 0 Å². The maximum atomic E-state index is 12.9. The number of likely N-dealkylation sites (N-methyl/N-ethyl adjacent to an activating group) is 1. The standard InChI is InChI=1S/C20H28N4O4/c1-5-23-8-6-7-14(23)11-21-19(25)12-24-13(2)22-16-10-18(28-4)17(27-3)9-15(16)20(24)26/h9-10,14H,5-8,11-12H2,1-4H3,(H,21,25)/t14-/m0/s1. The Kier molecular flexibility index (Phi) is 6.18. The molecule has 8 nitrogen and oxygen atoms in total. The predicted octanol–water partition coefficient (Wildman–Crippen LogP) is 1.32. The molecular formula is C20H28N4O4. The molecule has 0 unspecified atom stereocenters. The van der Waals surface area contributed by atoms with Crippen molar-refractivity contribution in [2.24, 2.45) is 0 Å². The second-order valence-electron chi connectivity index (χ2n) is 7.00. The summed E-state index contributed by atoms with van der Waals surface area (Å²) in [5.41, 5.74) is 0.246. The van der Waals surface area contributed by atoms with Crippen LogP contribution in [0.1, 0.15) is 25.6 Å². The van der Waals surface area contributed by atoms with E-state index >= 15 is 0 Å². The van der Waals surface area contributed by atoms with Gasteiger partial charge >= 0.3 is 0 Å². The van der Waals surface area contributed by atoms with E-state index in [4.69, 9.17) is 9.47 Å². The Hall–Kier alpha value is -2.61. The van der Waals surface area contributed by atoms with Crippen molar-refractivity contribution in [1.82, 2.24) is 19.8 Å². The number of aromatic nitrogens is 2. The van der Waals surface area contributed by atoms with Crippen LogP contribution in [0.4, 0.5) is 0 Å². The van der Waals surface area contributed by atoms with Crippen molar-refractivity contribution in [2.75, 3.05) is 33.9 Å². The zero-order chi connectivity index (χ0) is 20.3. The molecule has 1 aromatic heterocycles. The summed E-state index contributed by atoms with van der Waals surface area (Å²) in [6.45, 7) is 6.47. The number of ether oxygens (including phenoxy) is 2. The highest BCUT2D eigenvalue weighted by Gasteiger charge is 2.23. The number of nitrogens with zero attached hydrogens (tertiary/aromatic N) is 3. The van der Waals surface area contributed by atoms with Crippen LogP contribution in [0.15, 0.2) is 16.9 Å². The third-order valence-corrected chi connectivity index (χ3v) is 5.39. The number of fused-ring (bicyclic) bond motifs is 1. The quantitative estimate of drug-likeness (QED) is 0.770. The van der Waals surface area contributed by atoms with Crippen LogP contribution in [0.5, 0.6) is 11.5 Å². The van der Waals surface area contributed by atoms with Gasteiger partial charge in [-0.05, 0) is 38.9 Å². The molecule has 28 heavy (non-hydrogen) atoms. The van der Waals surface area contributed by atoms with Crippen LogP contribution in [0.3, 0.4) is 0 Å². The number of carbonyl (C=O) groups excluding carboxylic acids is 1. The summed E-state index contributed by atoms with van der Waals surface area (Å²) in [6, 6.07) is 3.65. The minimum Gasteiger partial charge on any atom is -0.493 e. The van der Waals surface area contributed by atoms with Gasteiger partial charge in [0.2, 0.25) is 5.91 Å². The van der Waals surface area contributed by atoms with E-state index in [1.165, 1.54) is 18.8 Å². The molecule has 0 radical (unpaired) electrons. The maximum Gasteiger partial charge on any atom is 0.262 e. The normalized spacial score (nSPS) is 17.1. The number of carbonyl (C=O) groups is 1. The van der Waals surface area contributed by atoms with Crippen molar-refractivity contribution >= 4 is 16.8 Å². The molecule has 1 saturated heterocycles. The summed E-state index contributed by atoms with van der Waals surface area (Å²) < 4.78 is 12.0. The van der Waals surface area contributed by atoms with Gasteiger partial charge in [0, 0.05) is 18.7 Å². The molecule has 2 heterocycles. The molecule has 3 rings (SSSR count). The van der Waals surface area contributed by atoms with E-state index in [1.54, 1.807) is 19.1 Å². The lowest BCUT2D eigenvalue weighted by Crippen LogP contribution is -2.42. The largest absolute Gasteiger partial charge is 0.493 e. The number of methoxy groups -OCH3 is 2. The van der Waals surface area contributed by atoms with E-state index in [0.717, 1.165) is 25.9 Å². The van der Waals surface area contributed by atoms with Crippen molar-refractivity contribution in [2.45, 2.75) is 39.3 Å². The number of nitrogens with one attached hydrogen (secondary N) is 1. The highest BCUT2D eigenvalue weighted by Crippen LogP contribution is 2.30. The first-order chi connectivity index (χ1) is 13.5. The van der Waals surface area contributed by atoms with Crippen molar-refractivity contribution in [3.05, 3.63) is 28.3 Å². The highest BCUT2D eigenvalue weighted by atomic mass is 16.5. The van der Waals surface area contributed by atoms with Gasteiger partial charge in [0.1, 0.15) is 12.4 Å². The Bertz CT molecular complexity index is 925. The van der Waals surface area contributed by atoms with Crippen molar-refractivity contribution in [3.8, 4) is 11.5 Å². The molecule has 2 aromatic rings. The molecule has 1 atom stereocenters. The Morgan fingerprint density at radius 1 is 1.29 bits per heavy atom. The second kappa shape index (κ2) is 8.60. The maximum absolute atomic E-state index is 12.9. The van der Waals surface area contributed by atoms with Gasteiger partial charge in [-0.1, -0.05) is 6.92 Å².